The summed E-state index contributed by atoms with van der Waals surface area (Å²) in [5, 5.41) is 0.511. The van der Waals surface area contributed by atoms with Gasteiger partial charge in [-0.15, -0.1) is 0 Å². The molecule has 58 valence electrons. The van der Waals surface area contributed by atoms with Crippen molar-refractivity contribution in [1.29, 1.82) is 0 Å². The minimum absolute atomic E-state index is 0.182. The highest BCUT2D eigenvalue weighted by Gasteiger charge is 2.12. The first kappa shape index (κ1) is 8.43. The van der Waals surface area contributed by atoms with Gasteiger partial charge in [-0.3, -0.25) is 0 Å². The first-order chi connectivity index (χ1) is 5.00. The number of hydrogen-bond donors (Lipinski definition) is 0. The maximum Gasteiger partial charge on any atom is 0.319 e. The van der Waals surface area contributed by atoms with Crippen molar-refractivity contribution in [2.24, 2.45) is 0 Å². The molecule has 0 amide bonds. The van der Waals surface area contributed by atoms with Crippen LogP contribution in [0.2, 0.25) is 5.02 Å². The Balaban J connectivity index is 3.20. The van der Waals surface area contributed by atoms with Gasteiger partial charge in [-0.25, -0.2) is 0 Å². The summed E-state index contributed by atoms with van der Waals surface area (Å²) in [6, 6.07) is 5.87. The van der Waals surface area contributed by atoms with Crippen LogP contribution < -0.4 is 0 Å². The second kappa shape index (κ2) is 2.75. The fraction of sp³-hybridized carbons (Fsp3) is 0. The Morgan fingerprint density at radius 1 is 1.18 bits per heavy atom. The van der Waals surface area contributed by atoms with Gasteiger partial charge >= 0.3 is 9.84 Å². The van der Waals surface area contributed by atoms with E-state index in [9.17, 15) is 8.42 Å². The van der Waals surface area contributed by atoms with Crippen LogP contribution in [0.25, 0.3) is 0 Å². The van der Waals surface area contributed by atoms with E-state index in [1.165, 1.54) is 24.3 Å². The second-order valence-corrected chi connectivity index (χ2v) is 4.21. The maximum absolute atomic E-state index is 10.8. The molecule has 0 heterocycles. The van der Waals surface area contributed by atoms with E-state index >= 15 is 0 Å². The monoisotopic (exact) mass is 189 g/mol. The lowest BCUT2D eigenvalue weighted by molar-refractivity contribution is 0.604. The standard InChI is InChI=1S/C7H6ClO2S/c1-11(9,10)7-4-2-6(8)3-5-7/h2-5H,1H2/q+1. The van der Waals surface area contributed by atoms with Gasteiger partial charge in [0.25, 0.3) is 0 Å². The molecule has 0 aliphatic rings. The largest absolute Gasteiger partial charge is 0.319 e. The molecule has 0 saturated carbocycles. The molecule has 0 spiro atoms. The third kappa shape index (κ3) is 2.13. The smallest absolute Gasteiger partial charge is 0.178 e. The number of hydrogen-bond acceptors (Lipinski definition) is 2. The van der Waals surface area contributed by atoms with Crippen LogP contribution in [0.1, 0.15) is 0 Å². The summed E-state index contributed by atoms with van der Waals surface area (Å²) in [6.07, 6.45) is 3.00. The van der Waals surface area contributed by atoms with Crippen LogP contribution in [0.15, 0.2) is 29.2 Å². The Morgan fingerprint density at radius 3 is 2.00 bits per heavy atom. The second-order valence-electron chi connectivity index (χ2n) is 2.07. The molecule has 0 aromatic heterocycles. The Kier molecular flexibility index (Phi) is 2.11. The number of halogens is 1. The molecular formula is C7H6ClO2S+. The molecule has 2 nitrogen and oxygen atoms in total. The molecule has 1 aromatic carbocycles. The number of rotatable bonds is 1. The molecule has 0 fully saturated rings. The van der Waals surface area contributed by atoms with Crippen molar-refractivity contribution in [2.75, 3.05) is 0 Å². The Hall–Kier alpha value is -0.670. The van der Waals surface area contributed by atoms with E-state index in [1.807, 2.05) is 0 Å². The van der Waals surface area contributed by atoms with E-state index in [0.717, 1.165) is 0 Å². The highest BCUT2D eigenvalue weighted by Crippen LogP contribution is 2.13. The quantitative estimate of drug-likeness (QED) is 0.633. The first-order valence-corrected chi connectivity index (χ1v) is 4.87. The molecule has 1 rings (SSSR count). The van der Waals surface area contributed by atoms with Gasteiger partial charge in [0.1, 0.15) is 4.90 Å². The maximum atomic E-state index is 10.8. The fourth-order valence-electron chi connectivity index (χ4n) is 0.642. The van der Waals surface area contributed by atoms with Crippen molar-refractivity contribution in [3.8, 4) is 0 Å². The molecule has 0 N–H and O–H groups in total. The number of benzene rings is 1. The van der Waals surface area contributed by atoms with E-state index in [1.54, 1.807) is 0 Å². The van der Waals surface area contributed by atoms with Gasteiger partial charge in [0.15, 0.2) is 6.26 Å². The van der Waals surface area contributed by atoms with Crippen molar-refractivity contribution < 1.29 is 8.42 Å². The van der Waals surface area contributed by atoms with Crippen LogP contribution in [0.4, 0.5) is 0 Å². The molecular weight excluding hydrogens is 184 g/mol. The molecule has 11 heavy (non-hydrogen) atoms. The van der Waals surface area contributed by atoms with Crippen LogP contribution in [-0.4, -0.2) is 8.42 Å². The Bertz CT molecular complexity index is 339. The van der Waals surface area contributed by atoms with Gasteiger partial charge in [0, 0.05) is 5.02 Å². The summed E-state index contributed by atoms with van der Waals surface area (Å²) in [4.78, 5) is 0.182. The molecule has 0 aliphatic carbocycles. The van der Waals surface area contributed by atoms with Crippen LogP contribution in [-0.2, 0) is 9.84 Å². The van der Waals surface area contributed by atoms with Gasteiger partial charge in [-0.1, -0.05) is 11.6 Å². The first-order valence-electron chi connectivity index (χ1n) is 2.84. The van der Waals surface area contributed by atoms with Crippen LogP contribution in [0.3, 0.4) is 0 Å². The lowest BCUT2D eigenvalue weighted by Gasteiger charge is -1.91. The van der Waals surface area contributed by atoms with E-state index in [2.05, 4.69) is 6.26 Å². The Labute approximate surface area is 70.7 Å². The molecule has 4 heteroatoms. The minimum atomic E-state index is -3.33. The summed E-state index contributed by atoms with van der Waals surface area (Å²) >= 11 is 5.55. The lowest BCUT2D eigenvalue weighted by Crippen LogP contribution is -1.92. The number of sulfone groups is 1. The predicted octanol–water partition coefficient (Wildman–Crippen LogP) is 1.91. The summed E-state index contributed by atoms with van der Waals surface area (Å²) in [7, 11) is -3.33. The average molecular weight is 190 g/mol. The zero-order valence-electron chi connectivity index (χ0n) is 5.62. The van der Waals surface area contributed by atoms with E-state index in [4.69, 9.17) is 11.6 Å². The summed E-state index contributed by atoms with van der Waals surface area (Å²) < 4.78 is 21.6. The third-order valence-corrected chi connectivity index (χ3v) is 2.42. The highest BCUT2D eigenvalue weighted by molar-refractivity contribution is 7.92. The van der Waals surface area contributed by atoms with Crippen molar-refractivity contribution in [3.05, 3.63) is 35.5 Å². The topological polar surface area (TPSA) is 34.1 Å². The molecule has 0 aliphatic heterocycles. The van der Waals surface area contributed by atoms with Gasteiger partial charge in [0.2, 0.25) is 0 Å². The van der Waals surface area contributed by atoms with Gasteiger partial charge in [-0.2, -0.15) is 8.42 Å². The van der Waals surface area contributed by atoms with Crippen molar-refractivity contribution in [3.63, 3.8) is 0 Å². The Morgan fingerprint density at radius 2 is 1.64 bits per heavy atom. The molecule has 0 bridgehead atoms. The summed E-state index contributed by atoms with van der Waals surface area (Å²) in [5.74, 6) is 0. The molecule has 0 unspecified atom stereocenters. The lowest BCUT2D eigenvalue weighted by atomic mass is 10.4. The van der Waals surface area contributed by atoms with Crippen molar-refractivity contribution in [1.82, 2.24) is 0 Å². The molecule has 0 atom stereocenters. The van der Waals surface area contributed by atoms with Crippen LogP contribution >= 0.6 is 11.6 Å². The zero-order chi connectivity index (χ0) is 8.48. The minimum Gasteiger partial charge on any atom is -0.178 e. The van der Waals surface area contributed by atoms with Crippen LogP contribution in [0, 0.1) is 6.26 Å². The van der Waals surface area contributed by atoms with E-state index in [-0.39, 0.29) is 4.90 Å². The summed E-state index contributed by atoms with van der Waals surface area (Å²) in [5.41, 5.74) is 0. The fourth-order valence-corrected chi connectivity index (χ4v) is 1.32. The van der Waals surface area contributed by atoms with Crippen molar-refractivity contribution >= 4 is 21.4 Å². The average Bonchev–Trinajstić information content (AvgIpc) is 1.86. The van der Waals surface area contributed by atoms with Gasteiger partial charge < -0.3 is 0 Å². The van der Waals surface area contributed by atoms with Crippen molar-refractivity contribution in [2.45, 2.75) is 4.90 Å². The zero-order valence-corrected chi connectivity index (χ0v) is 7.19. The van der Waals surface area contributed by atoms with E-state index in [0.29, 0.717) is 5.02 Å². The van der Waals surface area contributed by atoms with Crippen LogP contribution in [0.5, 0.6) is 0 Å². The van der Waals surface area contributed by atoms with Gasteiger partial charge in [0.05, 0.1) is 0 Å². The molecule has 0 saturated heterocycles. The van der Waals surface area contributed by atoms with E-state index < -0.39 is 9.84 Å². The van der Waals surface area contributed by atoms with Gasteiger partial charge in [-0.05, 0) is 24.3 Å². The molecule has 1 aromatic rings. The molecule has 0 radical (unpaired) electrons. The third-order valence-electron chi connectivity index (χ3n) is 1.17. The predicted molar refractivity (Wildman–Crippen MR) is 44.0 cm³/mol. The summed E-state index contributed by atoms with van der Waals surface area (Å²) in [6.45, 7) is 0. The normalized spacial score (nSPS) is 11.4. The SMILES string of the molecule is [CH2+]S(=O)(=O)c1ccc(Cl)cc1. The highest BCUT2D eigenvalue weighted by atomic mass is 35.5.